The molecule has 2 saturated heterocycles. The minimum atomic E-state index is -3.77. The number of carbonyl (C=O) groups excluding carboxylic acids is 2. The fraction of sp³-hybridized carbons (Fsp3) is 0.478. The molecular weight excluding hydrogens is 442 g/mol. The van der Waals surface area contributed by atoms with Gasteiger partial charge in [0.1, 0.15) is 16.6 Å². The van der Waals surface area contributed by atoms with Crippen LogP contribution in [0.5, 0.6) is 0 Å². The van der Waals surface area contributed by atoms with Crippen LogP contribution in [0.4, 0.5) is 0 Å². The van der Waals surface area contributed by atoms with Gasteiger partial charge in [0, 0.05) is 52.5 Å². The zero-order chi connectivity index (χ0) is 23.6. The van der Waals surface area contributed by atoms with Gasteiger partial charge in [0.25, 0.3) is 5.91 Å². The summed E-state index contributed by atoms with van der Waals surface area (Å²) < 4.78 is 29.2. The maximum atomic E-state index is 13.5. The van der Waals surface area contributed by atoms with Crippen molar-refractivity contribution in [2.24, 2.45) is 12.8 Å². The van der Waals surface area contributed by atoms with Gasteiger partial charge in [-0.05, 0) is 30.9 Å². The van der Waals surface area contributed by atoms with E-state index in [0.717, 1.165) is 37.9 Å². The molecule has 0 bridgehead atoms. The number of primary amides is 1. The van der Waals surface area contributed by atoms with E-state index in [4.69, 9.17) is 5.73 Å². The quantitative estimate of drug-likeness (QED) is 0.678. The highest BCUT2D eigenvalue weighted by molar-refractivity contribution is 7.89. The van der Waals surface area contributed by atoms with Gasteiger partial charge in [-0.1, -0.05) is 30.3 Å². The lowest BCUT2D eigenvalue weighted by Gasteiger charge is -2.40. The molecule has 178 valence electrons. The molecule has 9 nitrogen and oxygen atoms in total. The smallest absolute Gasteiger partial charge is 0.265 e. The number of nitrogens with two attached hydrogens (primary N) is 1. The summed E-state index contributed by atoms with van der Waals surface area (Å²) in [5.41, 5.74) is 6.41. The number of piperidine rings is 1. The molecule has 0 aliphatic carbocycles. The van der Waals surface area contributed by atoms with E-state index in [9.17, 15) is 18.0 Å². The second-order valence-corrected chi connectivity index (χ2v) is 10.6. The van der Waals surface area contributed by atoms with Crippen molar-refractivity contribution in [2.45, 2.75) is 30.2 Å². The SMILES string of the molecule is Cn1cc(S(=O)(=O)N2CCN(C(C(=O)N3CCCCC3)c3ccccc3)CC2)cc1C(N)=O. The van der Waals surface area contributed by atoms with Crippen LogP contribution in [-0.2, 0) is 21.9 Å². The molecule has 0 spiro atoms. The van der Waals surface area contributed by atoms with Crippen LogP contribution in [0.3, 0.4) is 0 Å². The van der Waals surface area contributed by atoms with Crippen LogP contribution in [0.2, 0.25) is 0 Å². The average molecular weight is 474 g/mol. The highest BCUT2D eigenvalue weighted by Crippen LogP contribution is 2.28. The second-order valence-electron chi connectivity index (χ2n) is 8.68. The Hall–Kier alpha value is -2.69. The minimum absolute atomic E-state index is 0.0521. The third kappa shape index (κ3) is 4.83. The van der Waals surface area contributed by atoms with Crippen LogP contribution in [0.1, 0.15) is 41.4 Å². The molecule has 1 atom stereocenters. The molecule has 33 heavy (non-hydrogen) atoms. The molecule has 2 N–H and O–H groups in total. The number of aromatic nitrogens is 1. The van der Waals surface area contributed by atoms with E-state index in [1.165, 1.54) is 21.1 Å². The molecule has 2 aliphatic rings. The van der Waals surface area contributed by atoms with Crippen LogP contribution in [-0.4, -0.2) is 78.2 Å². The van der Waals surface area contributed by atoms with Gasteiger partial charge < -0.3 is 15.2 Å². The van der Waals surface area contributed by atoms with Crippen molar-refractivity contribution in [1.29, 1.82) is 0 Å². The van der Waals surface area contributed by atoms with E-state index < -0.39 is 22.0 Å². The molecule has 2 aromatic rings. The van der Waals surface area contributed by atoms with Gasteiger partial charge in [0.2, 0.25) is 15.9 Å². The molecule has 1 aromatic carbocycles. The first kappa shape index (κ1) is 23.5. The zero-order valence-corrected chi connectivity index (χ0v) is 19.7. The van der Waals surface area contributed by atoms with Crippen LogP contribution < -0.4 is 5.73 Å². The van der Waals surface area contributed by atoms with Crippen molar-refractivity contribution in [2.75, 3.05) is 39.3 Å². The Morgan fingerprint density at radius 1 is 0.939 bits per heavy atom. The summed E-state index contributed by atoms with van der Waals surface area (Å²) in [5.74, 6) is -0.586. The summed E-state index contributed by atoms with van der Waals surface area (Å²) >= 11 is 0. The summed E-state index contributed by atoms with van der Waals surface area (Å²) in [6, 6.07) is 10.6. The van der Waals surface area contributed by atoms with Crippen LogP contribution >= 0.6 is 0 Å². The predicted octanol–water partition coefficient (Wildman–Crippen LogP) is 1.18. The highest BCUT2D eigenvalue weighted by atomic mass is 32.2. The van der Waals surface area contributed by atoms with Gasteiger partial charge in [0.05, 0.1) is 0 Å². The van der Waals surface area contributed by atoms with Crippen molar-refractivity contribution in [3.8, 4) is 0 Å². The van der Waals surface area contributed by atoms with E-state index in [-0.39, 0.29) is 29.6 Å². The van der Waals surface area contributed by atoms with E-state index >= 15 is 0 Å². The van der Waals surface area contributed by atoms with Gasteiger partial charge in [-0.15, -0.1) is 0 Å². The van der Waals surface area contributed by atoms with Gasteiger partial charge in [0.15, 0.2) is 0 Å². The Morgan fingerprint density at radius 3 is 2.15 bits per heavy atom. The summed E-state index contributed by atoms with van der Waals surface area (Å²) in [4.78, 5) is 29.1. The van der Waals surface area contributed by atoms with Crippen LogP contribution in [0.15, 0.2) is 47.5 Å². The molecule has 2 amide bonds. The van der Waals surface area contributed by atoms with Crippen molar-refractivity contribution in [3.05, 3.63) is 53.9 Å². The van der Waals surface area contributed by atoms with Crippen molar-refractivity contribution >= 4 is 21.8 Å². The minimum Gasteiger partial charge on any atom is -0.364 e. The van der Waals surface area contributed by atoms with Crippen LogP contribution in [0.25, 0.3) is 0 Å². The number of benzene rings is 1. The van der Waals surface area contributed by atoms with Gasteiger partial charge in [-0.25, -0.2) is 8.42 Å². The topological polar surface area (TPSA) is 109 Å². The van der Waals surface area contributed by atoms with Crippen molar-refractivity contribution in [1.82, 2.24) is 18.7 Å². The number of aryl methyl sites for hydroxylation is 1. The third-order valence-electron chi connectivity index (χ3n) is 6.53. The Bertz CT molecular complexity index is 1100. The Kier molecular flexibility index (Phi) is 6.87. The Balaban J connectivity index is 1.52. The molecule has 2 fully saturated rings. The number of rotatable bonds is 6. The largest absolute Gasteiger partial charge is 0.364 e. The highest BCUT2D eigenvalue weighted by Gasteiger charge is 2.37. The lowest BCUT2D eigenvalue weighted by Crippen LogP contribution is -2.53. The standard InChI is InChI=1S/C23H31N5O4S/c1-25-17-19(16-20(25)22(24)29)33(31,32)28-14-12-26(13-15-28)21(18-8-4-2-5-9-18)23(30)27-10-6-3-7-11-27/h2,4-5,8-9,16-17,21H,3,6-7,10-15H2,1H3,(H2,24,29). The Labute approximate surface area is 194 Å². The van der Waals surface area contributed by atoms with Gasteiger partial charge in [-0.3, -0.25) is 14.5 Å². The number of piperazine rings is 1. The van der Waals surface area contributed by atoms with Gasteiger partial charge >= 0.3 is 0 Å². The molecule has 1 unspecified atom stereocenters. The molecule has 10 heteroatoms. The first-order valence-electron chi connectivity index (χ1n) is 11.3. The number of nitrogens with zero attached hydrogens (tertiary/aromatic N) is 4. The number of hydrogen-bond donors (Lipinski definition) is 1. The molecule has 1 aromatic heterocycles. The Morgan fingerprint density at radius 2 is 1.58 bits per heavy atom. The summed E-state index contributed by atoms with van der Waals surface area (Å²) in [5, 5.41) is 0. The number of likely N-dealkylation sites (tertiary alicyclic amines) is 1. The third-order valence-corrected chi connectivity index (χ3v) is 8.39. The van der Waals surface area contributed by atoms with Gasteiger partial charge in [-0.2, -0.15) is 4.31 Å². The molecule has 4 rings (SSSR count). The molecule has 3 heterocycles. The molecule has 2 aliphatic heterocycles. The summed E-state index contributed by atoms with van der Waals surface area (Å²) in [6.45, 7) is 2.95. The lowest BCUT2D eigenvalue weighted by atomic mass is 10.0. The first-order chi connectivity index (χ1) is 15.8. The zero-order valence-electron chi connectivity index (χ0n) is 18.9. The van der Waals surface area contributed by atoms with Crippen LogP contribution in [0, 0.1) is 0 Å². The maximum absolute atomic E-state index is 13.5. The maximum Gasteiger partial charge on any atom is 0.265 e. The molecule has 0 radical (unpaired) electrons. The van der Waals surface area contributed by atoms with Crippen molar-refractivity contribution in [3.63, 3.8) is 0 Å². The van der Waals surface area contributed by atoms with E-state index in [1.807, 2.05) is 35.2 Å². The monoisotopic (exact) mass is 473 g/mol. The van der Waals surface area contributed by atoms with E-state index in [1.54, 1.807) is 7.05 Å². The lowest BCUT2D eigenvalue weighted by molar-refractivity contribution is -0.138. The predicted molar refractivity (Wildman–Crippen MR) is 124 cm³/mol. The van der Waals surface area contributed by atoms with E-state index in [0.29, 0.717) is 13.1 Å². The molecule has 0 saturated carbocycles. The number of amides is 2. The first-order valence-corrected chi connectivity index (χ1v) is 12.8. The summed E-state index contributed by atoms with van der Waals surface area (Å²) in [6.07, 6.45) is 4.59. The van der Waals surface area contributed by atoms with E-state index in [2.05, 4.69) is 4.90 Å². The number of sulfonamides is 1. The molecular formula is C23H31N5O4S. The number of hydrogen-bond acceptors (Lipinski definition) is 5. The fourth-order valence-corrected chi connectivity index (χ4v) is 6.20. The average Bonchev–Trinajstić information content (AvgIpc) is 3.24. The normalized spacial score (nSPS) is 19.4. The van der Waals surface area contributed by atoms with Crippen molar-refractivity contribution < 1.29 is 18.0 Å². The fourth-order valence-electron chi connectivity index (χ4n) is 4.70. The number of carbonyl (C=O) groups is 2. The second kappa shape index (κ2) is 9.66. The summed E-state index contributed by atoms with van der Waals surface area (Å²) in [7, 11) is -2.18.